The lowest BCUT2D eigenvalue weighted by molar-refractivity contribution is 0.131. The number of aromatic nitrogens is 4. The smallest absolute Gasteiger partial charge is 0.324 e. The number of anilines is 1. The second kappa shape index (κ2) is 9.78. The van der Waals surface area contributed by atoms with Gasteiger partial charge in [-0.3, -0.25) is 0 Å². The van der Waals surface area contributed by atoms with Crippen LogP contribution < -0.4 is 9.64 Å². The number of piperidine rings is 1. The minimum atomic E-state index is -3.23. The highest BCUT2D eigenvalue weighted by molar-refractivity contribution is 7.90. The molecule has 0 aliphatic carbocycles. The average molecular weight is 528 g/mol. The number of hydrogen-bond acceptors (Lipinski definition) is 10. The van der Waals surface area contributed by atoms with Crippen molar-refractivity contribution in [2.45, 2.75) is 50.5 Å². The van der Waals surface area contributed by atoms with Crippen molar-refractivity contribution >= 4 is 37.5 Å². The van der Waals surface area contributed by atoms with Gasteiger partial charge in [-0.1, -0.05) is 42.5 Å². The second-order valence-electron chi connectivity index (χ2n) is 9.53. The van der Waals surface area contributed by atoms with Crippen LogP contribution >= 0.6 is 11.3 Å². The first kappa shape index (κ1) is 24.6. The van der Waals surface area contributed by atoms with E-state index in [1.54, 1.807) is 24.3 Å². The van der Waals surface area contributed by atoms with E-state index in [0.717, 1.165) is 53.4 Å². The maximum Gasteiger partial charge on any atom is 0.324 e. The number of benzene rings is 1. The molecule has 0 amide bonds. The number of thiazole rings is 1. The highest BCUT2D eigenvalue weighted by Crippen LogP contribution is 2.32. The highest BCUT2D eigenvalue weighted by atomic mass is 32.2. The van der Waals surface area contributed by atoms with E-state index in [1.165, 1.54) is 17.6 Å². The lowest BCUT2D eigenvalue weighted by Gasteiger charge is -2.33. The summed E-state index contributed by atoms with van der Waals surface area (Å²) in [5.74, 6) is 1.38. The topological polar surface area (TPSA) is 111 Å². The van der Waals surface area contributed by atoms with Crippen molar-refractivity contribution < 1.29 is 17.7 Å². The van der Waals surface area contributed by atoms with Crippen LogP contribution in [0.1, 0.15) is 45.4 Å². The Kier molecular flexibility index (Phi) is 6.69. The Bertz CT molecular complexity index is 1460. The van der Waals surface area contributed by atoms with Crippen LogP contribution in [-0.2, 0) is 9.84 Å². The van der Waals surface area contributed by atoms with E-state index < -0.39 is 9.84 Å². The fourth-order valence-electron chi connectivity index (χ4n) is 4.29. The number of hydrogen-bond donors (Lipinski definition) is 0. The molecule has 190 valence electrons. The van der Waals surface area contributed by atoms with Crippen molar-refractivity contribution in [3.05, 3.63) is 42.2 Å². The molecule has 1 aromatic carbocycles. The normalized spacial score (nSPS) is 16.1. The molecule has 0 spiro atoms. The quantitative estimate of drug-likeness (QED) is 0.329. The molecule has 0 saturated carbocycles. The third kappa shape index (κ3) is 5.22. The molecule has 1 aliphatic rings. The zero-order valence-electron chi connectivity index (χ0n) is 20.7. The second-order valence-corrected chi connectivity index (χ2v) is 12.5. The van der Waals surface area contributed by atoms with E-state index in [-0.39, 0.29) is 16.9 Å². The van der Waals surface area contributed by atoms with Gasteiger partial charge in [0.2, 0.25) is 0 Å². The van der Waals surface area contributed by atoms with E-state index in [2.05, 4.69) is 40.8 Å². The van der Waals surface area contributed by atoms with Gasteiger partial charge in [-0.25, -0.2) is 18.4 Å². The summed E-state index contributed by atoms with van der Waals surface area (Å²) in [6.45, 7) is 7.90. The van der Waals surface area contributed by atoms with Gasteiger partial charge in [0.15, 0.2) is 15.7 Å². The lowest BCUT2D eigenvalue weighted by Crippen LogP contribution is -2.38. The Hall–Kier alpha value is -3.05. The Balaban J connectivity index is 1.22. The summed E-state index contributed by atoms with van der Waals surface area (Å²) in [5, 5.41) is 4.68. The summed E-state index contributed by atoms with van der Waals surface area (Å²) < 4.78 is 35.1. The van der Waals surface area contributed by atoms with Crippen LogP contribution in [-0.4, -0.2) is 54.0 Å². The van der Waals surface area contributed by atoms with Gasteiger partial charge in [0.1, 0.15) is 16.5 Å². The minimum Gasteiger partial charge on any atom is -0.467 e. The van der Waals surface area contributed by atoms with Crippen LogP contribution in [0.4, 0.5) is 6.01 Å². The minimum absolute atomic E-state index is 0.0182. The van der Waals surface area contributed by atoms with Gasteiger partial charge < -0.3 is 14.2 Å². The van der Waals surface area contributed by atoms with Gasteiger partial charge in [0.05, 0.1) is 10.6 Å². The number of fused-ring (bicyclic) bond motifs is 1. The Labute approximate surface area is 214 Å². The molecule has 1 saturated heterocycles. The summed E-state index contributed by atoms with van der Waals surface area (Å²) in [5.41, 5.74) is 2.40. The van der Waals surface area contributed by atoms with Gasteiger partial charge in [-0.05, 0) is 49.9 Å². The lowest BCUT2D eigenvalue weighted by atomic mass is 9.92. The number of nitrogens with zero attached hydrogens (tertiary/aromatic N) is 5. The summed E-state index contributed by atoms with van der Waals surface area (Å²) in [6, 6.07) is 11.2. The summed E-state index contributed by atoms with van der Waals surface area (Å²) in [6.07, 6.45) is 3.16. The fraction of sp³-hybridized carbons (Fsp3) is 0.440. The van der Waals surface area contributed by atoms with E-state index in [1.807, 2.05) is 12.1 Å². The molecular weight excluding hydrogens is 498 g/mol. The molecule has 4 heterocycles. The standard InChI is InChI=1S/C25H29N5O4S2/c1-15(2)22-28-24(34-29-22)30-13-11-17(12-14-30)16(3)33-25-27-21-10-9-20(26-23(21)35-25)18-5-7-19(8-6-18)36(4,31)32/h5-10,15-17H,11-14H2,1-4H3. The number of ether oxygens (including phenoxy) is 1. The third-order valence-electron chi connectivity index (χ3n) is 6.52. The molecule has 1 unspecified atom stereocenters. The number of rotatable bonds is 7. The fourth-order valence-corrected chi connectivity index (χ4v) is 5.79. The van der Waals surface area contributed by atoms with Gasteiger partial charge >= 0.3 is 6.01 Å². The first-order chi connectivity index (χ1) is 17.2. The number of pyridine rings is 1. The van der Waals surface area contributed by atoms with Gasteiger partial charge in [0.25, 0.3) is 5.19 Å². The summed E-state index contributed by atoms with van der Waals surface area (Å²) in [4.78, 5) is 17.1. The first-order valence-electron chi connectivity index (χ1n) is 12.0. The number of sulfone groups is 1. The van der Waals surface area contributed by atoms with Gasteiger partial charge in [-0.15, -0.1) is 0 Å². The van der Waals surface area contributed by atoms with Crippen LogP contribution in [0.25, 0.3) is 21.6 Å². The molecule has 0 bridgehead atoms. The molecular formula is C25H29N5O4S2. The molecule has 0 N–H and O–H groups in total. The zero-order chi connectivity index (χ0) is 25.4. The van der Waals surface area contributed by atoms with Crippen LogP contribution in [0.3, 0.4) is 0 Å². The van der Waals surface area contributed by atoms with Crippen molar-refractivity contribution in [1.82, 2.24) is 20.1 Å². The van der Waals surface area contributed by atoms with Crippen molar-refractivity contribution in [2.75, 3.05) is 24.2 Å². The van der Waals surface area contributed by atoms with Crippen LogP contribution in [0, 0.1) is 5.92 Å². The molecule has 5 rings (SSSR count). The molecule has 0 radical (unpaired) electrons. The SMILES string of the molecule is CC(C)c1noc(N2CCC(C(C)Oc3nc4ccc(-c5ccc(S(C)(=O)=O)cc5)nc4s3)CC2)n1. The molecule has 3 aromatic heterocycles. The van der Waals surface area contributed by atoms with E-state index in [0.29, 0.717) is 17.1 Å². The highest BCUT2D eigenvalue weighted by Gasteiger charge is 2.28. The molecule has 1 fully saturated rings. The van der Waals surface area contributed by atoms with E-state index in [4.69, 9.17) is 14.2 Å². The van der Waals surface area contributed by atoms with E-state index >= 15 is 0 Å². The average Bonchev–Trinajstić information content (AvgIpc) is 3.50. The van der Waals surface area contributed by atoms with Crippen molar-refractivity contribution in [1.29, 1.82) is 0 Å². The van der Waals surface area contributed by atoms with Gasteiger partial charge in [-0.2, -0.15) is 4.98 Å². The molecule has 9 nitrogen and oxygen atoms in total. The van der Waals surface area contributed by atoms with Crippen molar-refractivity contribution in [3.63, 3.8) is 0 Å². The van der Waals surface area contributed by atoms with Crippen LogP contribution in [0.15, 0.2) is 45.8 Å². The Morgan fingerprint density at radius 2 is 1.75 bits per heavy atom. The van der Waals surface area contributed by atoms with Crippen LogP contribution in [0.2, 0.25) is 0 Å². The first-order valence-corrected chi connectivity index (χ1v) is 14.7. The Morgan fingerprint density at radius 3 is 2.39 bits per heavy atom. The van der Waals surface area contributed by atoms with E-state index in [9.17, 15) is 8.42 Å². The Morgan fingerprint density at radius 1 is 1.03 bits per heavy atom. The molecule has 1 aliphatic heterocycles. The van der Waals surface area contributed by atoms with Crippen LogP contribution in [0.5, 0.6) is 5.19 Å². The predicted molar refractivity (Wildman–Crippen MR) is 139 cm³/mol. The summed E-state index contributed by atoms with van der Waals surface area (Å²) >= 11 is 1.42. The predicted octanol–water partition coefficient (Wildman–Crippen LogP) is 4.95. The molecule has 36 heavy (non-hydrogen) atoms. The third-order valence-corrected chi connectivity index (χ3v) is 8.51. The monoisotopic (exact) mass is 527 g/mol. The van der Waals surface area contributed by atoms with Crippen molar-refractivity contribution in [2.24, 2.45) is 5.92 Å². The maximum atomic E-state index is 11.7. The molecule has 11 heteroatoms. The maximum absolute atomic E-state index is 11.7. The van der Waals surface area contributed by atoms with Gasteiger partial charge in [0, 0.05) is 30.8 Å². The largest absolute Gasteiger partial charge is 0.467 e. The summed E-state index contributed by atoms with van der Waals surface area (Å²) in [7, 11) is -3.23. The van der Waals surface area contributed by atoms with Crippen molar-refractivity contribution in [3.8, 4) is 16.5 Å². The molecule has 4 aromatic rings. The molecule has 1 atom stereocenters. The zero-order valence-corrected chi connectivity index (χ0v) is 22.3.